The number of nitrogens with one attached hydrogen (secondary N) is 1. The molecule has 1 fully saturated rings. The van der Waals surface area contributed by atoms with Gasteiger partial charge >= 0.3 is 0 Å². The summed E-state index contributed by atoms with van der Waals surface area (Å²) in [5.41, 5.74) is -0.368. The standard InChI is InChI=1S/C13H27NO2/c1-13(10-15,11-16)9-14-8-7-12-5-3-2-4-6-12/h12,14-16H,2-11H2,1H3. The Balaban J connectivity index is 2.06. The van der Waals surface area contributed by atoms with Crippen LogP contribution in [0.2, 0.25) is 0 Å². The van der Waals surface area contributed by atoms with E-state index in [9.17, 15) is 0 Å². The van der Waals surface area contributed by atoms with Crippen molar-refractivity contribution in [2.24, 2.45) is 11.3 Å². The van der Waals surface area contributed by atoms with E-state index in [2.05, 4.69) is 5.32 Å². The molecule has 0 heterocycles. The van der Waals surface area contributed by atoms with E-state index in [1.807, 2.05) is 6.92 Å². The van der Waals surface area contributed by atoms with Gasteiger partial charge in [-0.2, -0.15) is 0 Å². The monoisotopic (exact) mass is 229 g/mol. The highest BCUT2D eigenvalue weighted by molar-refractivity contribution is 4.75. The number of aliphatic hydroxyl groups is 2. The molecule has 3 N–H and O–H groups in total. The minimum absolute atomic E-state index is 0.0416. The van der Waals surface area contributed by atoms with Gasteiger partial charge in [-0.3, -0.25) is 0 Å². The minimum atomic E-state index is -0.368. The normalized spacial score (nSPS) is 18.9. The van der Waals surface area contributed by atoms with Crippen LogP contribution in [0, 0.1) is 11.3 Å². The summed E-state index contributed by atoms with van der Waals surface area (Å²) < 4.78 is 0. The molecule has 0 unspecified atom stereocenters. The van der Waals surface area contributed by atoms with E-state index < -0.39 is 0 Å². The van der Waals surface area contributed by atoms with Gasteiger partial charge in [-0.1, -0.05) is 39.0 Å². The Morgan fingerprint density at radius 3 is 2.31 bits per heavy atom. The first-order valence-corrected chi connectivity index (χ1v) is 6.62. The van der Waals surface area contributed by atoms with Gasteiger partial charge in [-0.05, 0) is 18.9 Å². The van der Waals surface area contributed by atoms with Crippen molar-refractivity contribution >= 4 is 0 Å². The Morgan fingerprint density at radius 1 is 1.12 bits per heavy atom. The summed E-state index contributed by atoms with van der Waals surface area (Å²) in [5.74, 6) is 0.899. The average Bonchev–Trinajstić information content (AvgIpc) is 2.36. The van der Waals surface area contributed by atoms with Crippen LogP contribution in [0.15, 0.2) is 0 Å². The van der Waals surface area contributed by atoms with Gasteiger partial charge in [-0.15, -0.1) is 0 Å². The summed E-state index contributed by atoms with van der Waals surface area (Å²) in [6, 6.07) is 0. The van der Waals surface area contributed by atoms with Gasteiger partial charge in [0.05, 0.1) is 13.2 Å². The van der Waals surface area contributed by atoms with Gasteiger partial charge in [0.2, 0.25) is 0 Å². The van der Waals surface area contributed by atoms with Crippen LogP contribution in [0.1, 0.15) is 45.4 Å². The quantitative estimate of drug-likeness (QED) is 0.580. The van der Waals surface area contributed by atoms with Gasteiger partial charge in [0.25, 0.3) is 0 Å². The van der Waals surface area contributed by atoms with E-state index >= 15 is 0 Å². The fraction of sp³-hybridized carbons (Fsp3) is 1.00. The Bertz CT molecular complexity index is 175. The maximum Gasteiger partial charge on any atom is 0.0518 e. The van der Waals surface area contributed by atoms with Crippen molar-refractivity contribution in [3.63, 3.8) is 0 Å². The van der Waals surface area contributed by atoms with Crippen molar-refractivity contribution in [2.75, 3.05) is 26.3 Å². The largest absolute Gasteiger partial charge is 0.396 e. The van der Waals surface area contributed by atoms with Crippen LogP contribution in [0.3, 0.4) is 0 Å². The summed E-state index contributed by atoms with van der Waals surface area (Å²) in [7, 11) is 0. The smallest absolute Gasteiger partial charge is 0.0518 e. The lowest BCUT2D eigenvalue weighted by Gasteiger charge is -2.26. The second-order valence-electron chi connectivity index (χ2n) is 5.60. The molecule has 16 heavy (non-hydrogen) atoms. The zero-order valence-corrected chi connectivity index (χ0v) is 10.5. The Hall–Kier alpha value is -0.120. The molecule has 1 saturated carbocycles. The second kappa shape index (κ2) is 7.25. The zero-order valence-electron chi connectivity index (χ0n) is 10.5. The lowest BCUT2D eigenvalue weighted by molar-refractivity contribution is 0.0695. The molecule has 1 aliphatic carbocycles. The molecule has 0 saturated heterocycles. The van der Waals surface area contributed by atoms with Crippen molar-refractivity contribution < 1.29 is 10.2 Å². The number of hydrogen-bond acceptors (Lipinski definition) is 3. The minimum Gasteiger partial charge on any atom is -0.396 e. The van der Waals surface area contributed by atoms with Crippen molar-refractivity contribution in [3.8, 4) is 0 Å². The molecule has 0 aromatic heterocycles. The first kappa shape index (κ1) is 13.9. The fourth-order valence-corrected chi connectivity index (χ4v) is 2.33. The highest BCUT2D eigenvalue weighted by Crippen LogP contribution is 2.25. The van der Waals surface area contributed by atoms with Crippen LogP contribution < -0.4 is 5.32 Å². The highest BCUT2D eigenvalue weighted by atomic mass is 16.3. The van der Waals surface area contributed by atoms with E-state index in [1.165, 1.54) is 38.5 Å². The summed E-state index contributed by atoms with van der Waals surface area (Å²) in [5, 5.41) is 21.6. The van der Waals surface area contributed by atoms with Gasteiger partial charge < -0.3 is 15.5 Å². The number of rotatable bonds is 7. The molecular formula is C13H27NO2. The Kier molecular flexibility index (Phi) is 6.32. The molecule has 0 aliphatic heterocycles. The van der Waals surface area contributed by atoms with Gasteiger partial charge in [0, 0.05) is 12.0 Å². The van der Waals surface area contributed by atoms with Crippen molar-refractivity contribution in [1.29, 1.82) is 0 Å². The van der Waals surface area contributed by atoms with Crippen molar-refractivity contribution in [3.05, 3.63) is 0 Å². The predicted octanol–water partition coefficient (Wildman–Crippen LogP) is 1.54. The van der Waals surface area contributed by atoms with Crippen LogP contribution >= 0.6 is 0 Å². The SMILES string of the molecule is CC(CO)(CO)CNCCC1CCCCC1. The van der Waals surface area contributed by atoms with E-state index in [1.54, 1.807) is 0 Å². The third-order valence-electron chi connectivity index (χ3n) is 3.77. The van der Waals surface area contributed by atoms with E-state index in [0.717, 1.165) is 12.5 Å². The van der Waals surface area contributed by atoms with Crippen molar-refractivity contribution in [2.45, 2.75) is 45.4 Å². The first-order chi connectivity index (χ1) is 7.70. The molecule has 0 radical (unpaired) electrons. The summed E-state index contributed by atoms with van der Waals surface area (Å²) in [6.07, 6.45) is 8.23. The number of aliphatic hydroxyl groups excluding tert-OH is 2. The Morgan fingerprint density at radius 2 is 1.75 bits per heavy atom. The summed E-state index contributed by atoms with van der Waals surface area (Å²) in [4.78, 5) is 0. The highest BCUT2D eigenvalue weighted by Gasteiger charge is 2.21. The van der Waals surface area contributed by atoms with E-state index in [-0.39, 0.29) is 18.6 Å². The molecule has 1 rings (SSSR count). The molecular weight excluding hydrogens is 202 g/mol. The lowest BCUT2D eigenvalue weighted by Crippen LogP contribution is -2.38. The maximum absolute atomic E-state index is 9.13. The molecule has 0 aromatic rings. The molecule has 0 amide bonds. The van der Waals surface area contributed by atoms with E-state index in [0.29, 0.717) is 6.54 Å². The molecule has 1 aliphatic rings. The third kappa shape index (κ3) is 4.81. The van der Waals surface area contributed by atoms with Gasteiger partial charge in [0.15, 0.2) is 0 Å². The fourth-order valence-electron chi connectivity index (χ4n) is 2.33. The predicted molar refractivity (Wildman–Crippen MR) is 66.3 cm³/mol. The van der Waals surface area contributed by atoms with Gasteiger partial charge in [-0.25, -0.2) is 0 Å². The summed E-state index contributed by atoms with van der Waals surface area (Å²) >= 11 is 0. The zero-order chi connectivity index (χ0) is 11.9. The summed E-state index contributed by atoms with van der Waals surface area (Å²) in [6.45, 7) is 3.70. The van der Waals surface area contributed by atoms with Crippen LogP contribution in [-0.4, -0.2) is 36.5 Å². The van der Waals surface area contributed by atoms with Crippen LogP contribution in [0.5, 0.6) is 0 Å². The third-order valence-corrected chi connectivity index (χ3v) is 3.77. The van der Waals surface area contributed by atoms with Gasteiger partial charge in [0.1, 0.15) is 0 Å². The molecule has 3 nitrogen and oxygen atoms in total. The molecule has 0 atom stereocenters. The van der Waals surface area contributed by atoms with E-state index in [4.69, 9.17) is 10.2 Å². The number of hydrogen-bond donors (Lipinski definition) is 3. The lowest BCUT2D eigenvalue weighted by atomic mass is 9.87. The van der Waals surface area contributed by atoms with Crippen LogP contribution in [-0.2, 0) is 0 Å². The van der Waals surface area contributed by atoms with Crippen LogP contribution in [0.4, 0.5) is 0 Å². The topological polar surface area (TPSA) is 52.5 Å². The molecule has 3 heteroatoms. The molecule has 96 valence electrons. The molecule has 0 bridgehead atoms. The second-order valence-corrected chi connectivity index (χ2v) is 5.60. The van der Waals surface area contributed by atoms with Crippen LogP contribution in [0.25, 0.3) is 0 Å². The molecule has 0 spiro atoms. The maximum atomic E-state index is 9.13. The van der Waals surface area contributed by atoms with Crippen molar-refractivity contribution in [1.82, 2.24) is 5.32 Å². The molecule has 0 aromatic carbocycles. The Labute approximate surface area is 99.3 Å². The average molecular weight is 229 g/mol. The first-order valence-electron chi connectivity index (χ1n) is 6.62.